The van der Waals surface area contributed by atoms with Crippen molar-refractivity contribution in [2.45, 2.75) is 31.8 Å². The molecule has 5 nitrogen and oxygen atoms in total. The Bertz CT molecular complexity index is 1160. The van der Waals surface area contributed by atoms with Crippen LogP contribution in [0.25, 0.3) is 0 Å². The molecule has 0 spiro atoms. The van der Waals surface area contributed by atoms with Gasteiger partial charge >= 0.3 is 0 Å². The van der Waals surface area contributed by atoms with E-state index in [0.717, 1.165) is 23.4 Å². The first-order valence-corrected chi connectivity index (χ1v) is 11.4. The summed E-state index contributed by atoms with van der Waals surface area (Å²) in [4.78, 5) is 27.6. The quantitative estimate of drug-likeness (QED) is 0.549. The molecule has 176 valence electrons. The number of anilines is 1. The number of nitrogens with one attached hydrogen (secondary N) is 2. The molecular weight excluding hydrogens is 436 g/mol. The van der Waals surface area contributed by atoms with Crippen LogP contribution in [0, 0.1) is 11.6 Å². The summed E-state index contributed by atoms with van der Waals surface area (Å²) in [6.45, 7) is 3.22. The zero-order valence-electron chi connectivity index (χ0n) is 18.9. The molecule has 3 aromatic carbocycles. The molecule has 7 heteroatoms. The van der Waals surface area contributed by atoms with Crippen molar-refractivity contribution in [3.8, 4) is 0 Å². The molecule has 0 unspecified atom stereocenters. The van der Waals surface area contributed by atoms with E-state index >= 15 is 0 Å². The smallest absolute Gasteiger partial charge is 0.254 e. The van der Waals surface area contributed by atoms with Gasteiger partial charge in [0.15, 0.2) is 0 Å². The highest BCUT2D eigenvalue weighted by atomic mass is 19.1. The van der Waals surface area contributed by atoms with Crippen molar-refractivity contribution in [1.29, 1.82) is 0 Å². The third-order valence-corrected chi connectivity index (χ3v) is 6.14. The monoisotopic (exact) mass is 463 g/mol. The topological polar surface area (TPSA) is 61.4 Å². The highest BCUT2D eigenvalue weighted by molar-refractivity contribution is 6.00. The van der Waals surface area contributed by atoms with Gasteiger partial charge in [-0.15, -0.1) is 0 Å². The van der Waals surface area contributed by atoms with E-state index in [9.17, 15) is 18.4 Å². The second-order valence-electron chi connectivity index (χ2n) is 8.48. The average molecular weight is 464 g/mol. The fourth-order valence-electron chi connectivity index (χ4n) is 4.24. The van der Waals surface area contributed by atoms with E-state index in [1.165, 1.54) is 0 Å². The van der Waals surface area contributed by atoms with Crippen molar-refractivity contribution < 1.29 is 18.4 Å². The van der Waals surface area contributed by atoms with E-state index in [1.807, 2.05) is 61.5 Å². The van der Waals surface area contributed by atoms with Gasteiger partial charge in [-0.2, -0.15) is 0 Å². The fourth-order valence-corrected chi connectivity index (χ4v) is 4.24. The zero-order chi connectivity index (χ0) is 24.1. The molecule has 0 saturated carbocycles. The van der Waals surface area contributed by atoms with E-state index < -0.39 is 17.5 Å². The summed E-state index contributed by atoms with van der Waals surface area (Å²) >= 11 is 0. The van der Waals surface area contributed by atoms with Crippen LogP contribution in [-0.2, 0) is 0 Å². The molecule has 34 heavy (non-hydrogen) atoms. The van der Waals surface area contributed by atoms with Gasteiger partial charge in [0.25, 0.3) is 11.8 Å². The Hall–Kier alpha value is -3.74. The van der Waals surface area contributed by atoms with E-state index in [4.69, 9.17) is 0 Å². The first-order chi connectivity index (χ1) is 16.4. The molecule has 1 aliphatic rings. The number of nitrogens with zero attached hydrogens (tertiary/aromatic N) is 1. The van der Waals surface area contributed by atoms with Crippen LogP contribution in [0.15, 0.2) is 72.8 Å². The molecule has 2 N–H and O–H groups in total. The molecule has 2 amide bonds. The molecule has 1 fully saturated rings. The maximum absolute atomic E-state index is 13.9. The van der Waals surface area contributed by atoms with Crippen LogP contribution in [0.1, 0.15) is 52.1 Å². The van der Waals surface area contributed by atoms with E-state index in [2.05, 4.69) is 15.5 Å². The van der Waals surface area contributed by atoms with Crippen LogP contribution in [-0.4, -0.2) is 30.9 Å². The fraction of sp³-hybridized carbons (Fsp3) is 0.259. The Morgan fingerprint density at radius 1 is 0.882 bits per heavy atom. The van der Waals surface area contributed by atoms with Gasteiger partial charge in [-0.3, -0.25) is 9.59 Å². The number of rotatable bonds is 6. The number of piperidine rings is 1. The minimum absolute atomic E-state index is 0.130. The second-order valence-corrected chi connectivity index (χ2v) is 8.48. The predicted octanol–water partition coefficient (Wildman–Crippen LogP) is 4.85. The summed E-state index contributed by atoms with van der Waals surface area (Å²) in [6, 6.07) is 19.9. The van der Waals surface area contributed by atoms with Crippen molar-refractivity contribution >= 4 is 17.5 Å². The number of para-hydroxylation sites is 1. The Morgan fingerprint density at radius 2 is 1.56 bits per heavy atom. The highest BCUT2D eigenvalue weighted by Crippen LogP contribution is 2.25. The van der Waals surface area contributed by atoms with Crippen LogP contribution in [0.3, 0.4) is 0 Å². The van der Waals surface area contributed by atoms with E-state index in [1.54, 1.807) is 0 Å². The van der Waals surface area contributed by atoms with Crippen LogP contribution in [0.4, 0.5) is 14.5 Å². The van der Waals surface area contributed by atoms with Gasteiger partial charge < -0.3 is 15.5 Å². The number of carbonyl (C=O) groups is 2. The van der Waals surface area contributed by atoms with Crippen LogP contribution < -0.4 is 15.5 Å². The Labute approximate surface area is 197 Å². The zero-order valence-corrected chi connectivity index (χ0v) is 18.9. The molecule has 4 rings (SSSR count). The normalized spacial score (nSPS) is 15.0. The lowest BCUT2D eigenvalue weighted by Gasteiger charge is -2.35. The summed E-state index contributed by atoms with van der Waals surface area (Å²) in [5, 5.41) is 5.91. The maximum Gasteiger partial charge on any atom is 0.254 e. The molecule has 0 radical (unpaired) electrons. The van der Waals surface area contributed by atoms with Gasteiger partial charge in [-0.25, -0.2) is 8.78 Å². The molecule has 0 aromatic heterocycles. The summed E-state index contributed by atoms with van der Waals surface area (Å²) in [5.74, 6) is -2.29. The minimum atomic E-state index is -0.875. The molecule has 1 saturated heterocycles. The van der Waals surface area contributed by atoms with Crippen molar-refractivity contribution in [2.75, 3.05) is 18.0 Å². The molecule has 1 atom stereocenters. The van der Waals surface area contributed by atoms with Gasteiger partial charge in [0.1, 0.15) is 11.6 Å². The molecule has 1 aliphatic heterocycles. The van der Waals surface area contributed by atoms with E-state index in [-0.39, 0.29) is 23.6 Å². The number of benzene rings is 3. The molecule has 0 bridgehead atoms. The molecular formula is C27H27F2N3O2. The van der Waals surface area contributed by atoms with Gasteiger partial charge in [0.2, 0.25) is 0 Å². The highest BCUT2D eigenvalue weighted by Gasteiger charge is 2.25. The molecule has 3 aromatic rings. The Balaban J connectivity index is 1.38. The summed E-state index contributed by atoms with van der Waals surface area (Å²) in [5.41, 5.74) is 2.30. The lowest BCUT2D eigenvalue weighted by Crippen LogP contribution is -2.45. The maximum atomic E-state index is 13.9. The third-order valence-electron chi connectivity index (χ3n) is 6.14. The Morgan fingerprint density at radius 3 is 2.26 bits per heavy atom. The standard InChI is InChI=1S/C27H27F2N3O2/c1-18(19-7-3-2-4-8-19)30-27(34)23-9-5-6-10-25(23)32-15-13-21(14-16-32)31-26(33)22-12-11-20(28)17-24(22)29/h2-12,17-18,21H,13-16H2,1H3,(H,30,34)(H,31,33)/t18-/m0/s1. The van der Waals surface area contributed by atoms with Crippen LogP contribution >= 0.6 is 0 Å². The largest absolute Gasteiger partial charge is 0.371 e. The number of hydrogen-bond donors (Lipinski definition) is 2. The van der Waals surface area contributed by atoms with Crippen LogP contribution in [0.2, 0.25) is 0 Å². The van der Waals surface area contributed by atoms with Gasteiger partial charge in [0, 0.05) is 30.9 Å². The summed E-state index contributed by atoms with van der Waals surface area (Å²) in [7, 11) is 0. The van der Waals surface area contributed by atoms with Gasteiger partial charge in [-0.05, 0) is 49.6 Å². The predicted molar refractivity (Wildman–Crippen MR) is 128 cm³/mol. The Kier molecular flexibility index (Phi) is 7.21. The van der Waals surface area contributed by atoms with Crippen LogP contribution in [0.5, 0.6) is 0 Å². The number of carbonyl (C=O) groups excluding carboxylic acids is 2. The van der Waals surface area contributed by atoms with Gasteiger partial charge in [-0.1, -0.05) is 42.5 Å². The lowest BCUT2D eigenvalue weighted by molar-refractivity contribution is 0.0924. The first-order valence-electron chi connectivity index (χ1n) is 11.4. The van der Waals surface area contributed by atoms with E-state index in [0.29, 0.717) is 37.6 Å². The second kappa shape index (κ2) is 10.5. The summed E-state index contributed by atoms with van der Waals surface area (Å²) < 4.78 is 27.0. The lowest BCUT2D eigenvalue weighted by atomic mass is 10.0. The molecule has 1 heterocycles. The third kappa shape index (κ3) is 5.42. The minimum Gasteiger partial charge on any atom is -0.371 e. The van der Waals surface area contributed by atoms with Crippen molar-refractivity contribution in [3.05, 3.63) is 101 Å². The average Bonchev–Trinajstić information content (AvgIpc) is 2.85. The molecule has 0 aliphatic carbocycles. The van der Waals surface area contributed by atoms with Crippen molar-refractivity contribution in [1.82, 2.24) is 10.6 Å². The summed E-state index contributed by atoms with van der Waals surface area (Å²) in [6.07, 6.45) is 1.29. The number of halogens is 2. The number of amides is 2. The van der Waals surface area contributed by atoms with Crippen molar-refractivity contribution in [2.24, 2.45) is 0 Å². The van der Waals surface area contributed by atoms with Gasteiger partial charge in [0.05, 0.1) is 17.2 Å². The first kappa shape index (κ1) is 23.4. The number of hydrogen-bond acceptors (Lipinski definition) is 3. The van der Waals surface area contributed by atoms with Crippen molar-refractivity contribution in [3.63, 3.8) is 0 Å². The SMILES string of the molecule is C[C@H](NC(=O)c1ccccc1N1CCC(NC(=O)c2ccc(F)cc2F)CC1)c1ccccc1.